The van der Waals surface area contributed by atoms with Crippen molar-refractivity contribution in [3.05, 3.63) is 0 Å². The maximum absolute atomic E-state index is 11.7. The molecule has 2 aliphatic heterocycles. The van der Waals surface area contributed by atoms with Crippen LogP contribution in [0, 0.1) is 0 Å². The molecule has 2 saturated heterocycles. The van der Waals surface area contributed by atoms with Gasteiger partial charge < -0.3 is 20.1 Å². The van der Waals surface area contributed by atoms with E-state index < -0.39 is 6.10 Å². The van der Waals surface area contributed by atoms with E-state index in [-0.39, 0.29) is 11.9 Å². The topological polar surface area (TPSA) is 61.8 Å². The lowest BCUT2D eigenvalue weighted by Gasteiger charge is -2.17. The Morgan fingerprint density at radius 3 is 2.75 bits per heavy atom. The Balaban J connectivity index is 1.61. The highest BCUT2D eigenvalue weighted by atomic mass is 16.5. The molecule has 16 heavy (non-hydrogen) atoms. The summed E-state index contributed by atoms with van der Waals surface area (Å²) >= 11 is 0. The number of amides is 1. The number of hydrogen-bond donors (Lipinski definition) is 2. The molecule has 92 valence electrons. The Morgan fingerprint density at radius 1 is 1.38 bits per heavy atom. The van der Waals surface area contributed by atoms with Crippen molar-refractivity contribution in [1.29, 1.82) is 0 Å². The third kappa shape index (κ3) is 2.93. The predicted molar refractivity (Wildman–Crippen MR) is 59.0 cm³/mol. The van der Waals surface area contributed by atoms with Crippen molar-refractivity contribution < 1.29 is 14.6 Å². The minimum absolute atomic E-state index is 0.00798. The van der Waals surface area contributed by atoms with Crippen molar-refractivity contribution in [2.24, 2.45) is 0 Å². The van der Waals surface area contributed by atoms with Crippen LogP contribution in [0.1, 0.15) is 19.3 Å². The normalized spacial score (nSPS) is 29.9. The molecule has 2 N–H and O–H groups in total. The summed E-state index contributed by atoms with van der Waals surface area (Å²) in [6.07, 6.45) is 2.35. The molecule has 0 bridgehead atoms. The van der Waals surface area contributed by atoms with E-state index >= 15 is 0 Å². The number of ether oxygens (including phenoxy) is 1. The number of aliphatic hydroxyl groups is 1. The van der Waals surface area contributed by atoms with Gasteiger partial charge in [0.2, 0.25) is 5.91 Å². The summed E-state index contributed by atoms with van der Waals surface area (Å²) in [6.45, 7) is 3.39. The van der Waals surface area contributed by atoms with Crippen molar-refractivity contribution in [3.8, 4) is 0 Å². The van der Waals surface area contributed by atoms with E-state index in [2.05, 4.69) is 5.32 Å². The minimum Gasteiger partial charge on any atom is -0.389 e. The van der Waals surface area contributed by atoms with Crippen LogP contribution < -0.4 is 5.32 Å². The fourth-order valence-corrected chi connectivity index (χ4v) is 2.23. The number of carbonyl (C=O) groups is 1. The second kappa shape index (κ2) is 5.61. The summed E-state index contributed by atoms with van der Waals surface area (Å²) in [7, 11) is 0. The molecule has 2 unspecified atom stereocenters. The standard InChI is InChI=1S/C11H20N2O3/c14-10-8-16-7-9(10)12-4-3-11(15)13-5-1-2-6-13/h9-10,12,14H,1-8H2. The Bertz CT molecular complexity index is 241. The molecule has 2 heterocycles. The van der Waals surface area contributed by atoms with Gasteiger partial charge in [0.1, 0.15) is 0 Å². The van der Waals surface area contributed by atoms with E-state index in [1.165, 1.54) is 0 Å². The quantitative estimate of drug-likeness (QED) is 0.671. The summed E-state index contributed by atoms with van der Waals surface area (Å²) in [4.78, 5) is 13.6. The molecule has 0 aromatic heterocycles. The number of rotatable bonds is 4. The predicted octanol–water partition coefficient (Wildman–Crippen LogP) is -0.652. The molecule has 0 aromatic carbocycles. The van der Waals surface area contributed by atoms with E-state index in [0.717, 1.165) is 25.9 Å². The molecule has 2 atom stereocenters. The van der Waals surface area contributed by atoms with Gasteiger partial charge in [0, 0.05) is 26.1 Å². The van der Waals surface area contributed by atoms with Crippen LogP contribution in [0.25, 0.3) is 0 Å². The molecular weight excluding hydrogens is 208 g/mol. The molecule has 5 heteroatoms. The van der Waals surface area contributed by atoms with Crippen molar-refractivity contribution in [2.45, 2.75) is 31.4 Å². The highest BCUT2D eigenvalue weighted by Crippen LogP contribution is 2.09. The van der Waals surface area contributed by atoms with Crippen LogP contribution in [-0.2, 0) is 9.53 Å². The number of hydrogen-bond acceptors (Lipinski definition) is 4. The van der Waals surface area contributed by atoms with Gasteiger partial charge in [-0.05, 0) is 12.8 Å². The molecule has 2 rings (SSSR count). The lowest BCUT2D eigenvalue weighted by atomic mass is 10.2. The fraction of sp³-hybridized carbons (Fsp3) is 0.909. The molecule has 0 radical (unpaired) electrons. The first-order valence-electron chi connectivity index (χ1n) is 6.04. The summed E-state index contributed by atoms with van der Waals surface area (Å²) in [5.74, 6) is 0.221. The van der Waals surface area contributed by atoms with Gasteiger partial charge in [0.05, 0.1) is 25.4 Å². The van der Waals surface area contributed by atoms with Gasteiger partial charge in [-0.25, -0.2) is 0 Å². The van der Waals surface area contributed by atoms with E-state index in [0.29, 0.717) is 26.2 Å². The lowest BCUT2D eigenvalue weighted by molar-refractivity contribution is -0.130. The van der Waals surface area contributed by atoms with Crippen LogP contribution in [-0.4, -0.2) is 60.9 Å². The second-order valence-corrected chi connectivity index (χ2v) is 4.50. The maximum atomic E-state index is 11.7. The van der Waals surface area contributed by atoms with E-state index in [4.69, 9.17) is 4.74 Å². The largest absolute Gasteiger partial charge is 0.389 e. The molecule has 0 aromatic rings. The number of nitrogens with zero attached hydrogens (tertiary/aromatic N) is 1. The van der Waals surface area contributed by atoms with E-state index in [1.807, 2.05) is 4.90 Å². The third-order valence-corrected chi connectivity index (χ3v) is 3.25. The van der Waals surface area contributed by atoms with Crippen LogP contribution in [0.4, 0.5) is 0 Å². The minimum atomic E-state index is -0.429. The molecule has 2 aliphatic rings. The molecule has 5 nitrogen and oxygen atoms in total. The van der Waals surface area contributed by atoms with Crippen molar-refractivity contribution in [3.63, 3.8) is 0 Å². The Hall–Kier alpha value is -0.650. The SMILES string of the molecule is O=C(CCNC1COCC1O)N1CCCC1. The lowest BCUT2D eigenvalue weighted by Crippen LogP contribution is -2.41. The molecular formula is C11H20N2O3. The molecule has 1 amide bonds. The first kappa shape index (κ1) is 11.8. The van der Waals surface area contributed by atoms with Gasteiger partial charge in [-0.15, -0.1) is 0 Å². The first-order valence-corrected chi connectivity index (χ1v) is 6.04. The van der Waals surface area contributed by atoms with Crippen molar-refractivity contribution >= 4 is 5.91 Å². The Labute approximate surface area is 95.8 Å². The summed E-state index contributed by atoms with van der Waals surface area (Å²) in [5, 5.41) is 12.6. The van der Waals surface area contributed by atoms with E-state index in [9.17, 15) is 9.90 Å². The van der Waals surface area contributed by atoms with Crippen molar-refractivity contribution in [1.82, 2.24) is 10.2 Å². The van der Waals surface area contributed by atoms with Gasteiger partial charge in [0.25, 0.3) is 0 Å². The summed E-state index contributed by atoms with van der Waals surface area (Å²) < 4.78 is 5.12. The van der Waals surface area contributed by atoms with Crippen molar-refractivity contribution in [2.75, 3.05) is 32.8 Å². The van der Waals surface area contributed by atoms with Crippen LogP contribution in [0.5, 0.6) is 0 Å². The van der Waals surface area contributed by atoms with E-state index in [1.54, 1.807) is 0 Å². The zero-order valence-electron chi connectivity index (χ0n) is 9.52. The van der Waals surface area contributed by atoms with Gasteiger partial charge in [-0.3, -0.25) is 4.79 Å². The average Bonchev–Trinajstić information content (AvgIpc) is 2.90. The Kier molecular flexibility index (Phi) is 4.15. The van der Waals surface area contributed by atoms with Crippen LogP contribution in [0.3, 0.4) is 0 Å². The molecule has 0 aliphatic carbocycles. The van der Waals surface area contributed by atoms with Gasteiger partial charge in [-0.2, -0.15) is 0 Å². The van der Waals surface area contributed by atoms with Gasteiger partial charge in [-0.1, -0.05) is 0 Å². The zero-order chi connectivity index (χ0) is 11.4. The van der Waals surface area contributed by atoms with Gasteiger partial charge in [0.15, 0.2) is 0 Å². The van der Waals surface area contributed by atoms with Crippen LogP contribution in [0.15, 0.2) is 0 Å². The number of nitrogens with one attached hydrogen (secondary N) is 1. The molecule has 2 fully saturated rings. The number of aliphatic hydroxyl groups excluding tert-OH is 1. The maximum Gasteiger partial charge on any atom is 0.223 e. The zero-order valence-corrected chi connectivity index (χ0v) is 9.52. The third-order valence-electron chi connectivity index (χ3n) is 3.25. The van der Waals surface area contributed by atoms with Crippen LogP contribution in [0.2, 0.25) is 0 Å². The smallest absolute Gasteiger partial charge is 0.223 e. The highest BCUT2D eigenvalue weighted by Gasteiger charge is 2.25. The summed E-state index contributed by atoms with van der Waals surface area (Å²) in [5.41, 5.74) is 0. The second-order valence-electron chi connectivity index (χ2n) is 4.50. The monoisotopic (exact) mass is 228 g/mol. The molecule has 0 saturated carbocycles. The number of likely N-dealkylation sites (tertiary alicyclic amines) is 1. The van der Waals surface area contributed by atoms with Crippen LogP contribution >= 0.6 is 0 Å². The number of carbonyl (C=O) groups excluding carboxylic acids is 1. The van der Waals surface area contributed by atoms with Gasteiger partial charge >= 0.3 is 0 Å². The fourth-order valence-electron chi connectivity index (χ4n) is 2.23. The summed E-state index contributed by atoms with van der Waals surface area (Å²) in [6, 6.07) is -0.00798. The average molecular weight is 228 g/mol. The highest BCUT2D eigenvalue weighted by molar-refractivity contribution is 5.76. The first-order chi connectivity index (χ1) is 7.77. The Morgan fingerprint density at radius 2 is 2.12 bits per heavy atom. The molecule has 0 spiro atoms.